The zero-order chi connectivity index (χ0) is 18.1. The molecular weight excluding hydrogens is 368 g/mol. The average molecular weight is 383 g/mol. The number of nitrogens with zero attached hydrogens (tertiary/aromatic N) is 2. The highest BCUT2D eigenvalue weighted by atomic mass is 35.5. The van der Waals surface area contributed by atoms with Crippen molar-refractivity contribution in [1.29, 1.82) is 0 Å². The van der Waals surface area contributed by atoms with Crippen LogP contribution >= 0.6 is 22.9 Å². The van der Waals surface area contributed by atoms with Crippen LogP contribution < -0.4 is 11.2 Å². The Morgan fingerprint density at radius 3 is 2.38 bits per heavy atom. The van der Waals surface area contributed by atoms with Crippen LogP contribution in [0.25, 0.3) is 15.9 Å². The van der Waals surface area contributed by atoms with Gasteiger partial charge in [0.05, 0.1) is 11.2 Å². The van der Waals surface area contributed by atoms with Crippen molar-refractivity contribution in [2.24, 2.45) is 0 Å². The standard InChI is InChI=1S/C20H15ClN2O2S/c21-15-6-8-16(9-7-15)23-19(24)18-17(11-13-26-18)22(20(23)25)12-10-14-4-2-1-3-5-14/h1-9,11,13H,10,12H2. The highest BCUT2D eigenvalue weighted by molar-refractivity contribution is 7.17. The van der Waals surface area contributed by atoms with Crippen LogP contribution in [-0.2, 0) is 13.0 Å². The van der Waals surface area contributed by atoms with Crippen molar-refractivity contribution in [2.45, 2.75) is 13.0 Å². The maximum Gasteiger partial charge on any atom is 0.336 e. The molecule has 4 rings (SSSR count). The normalized spacial score (nSPS) is 11.1. The van der Waals surface area contributed by atoms with Gasteiger partial charge in [-0.3, -0.25) is 9.36 Å². The predicted molar refractivity (Wildman–Crippen MR) is 107 cm³/mol. The Morgan fingerprint density at radius 2 is 1.65 bits per heavy atom. The minimum Gasteiger partial charge on any atom is -0.292 e. The van der Waals surface area contributed by atoms with E-state index in [0.29, 0.717) is 33.9 Å². The van der Waals surface area contributed by atoms with Gasteiger partial charge in [0.15, 0.2) is 0 Å². The summed E-state index contributed by atoms with van der Waals surface area (Å²) in [5.41, 5.74) is 1.73. The molecule has 0 N–H and O–H groups in total. The number of fused-ring (bicyclic) bond motifs is 1. The van der Waals surface area contributed by atoms with E-state index in [4.69, 9.17) is 11.6 Å². The number of aromatic nitrogens is 2. The topological polar surface area (TPSA) is 44.0 Å². The predicted octanol–water partition coefficient (Wildman–Crippen LogP) is 4.11. The highest BCUT2D eigenvalue weighted by Crippen LogP contribution is 2.18. The van der Waals surface area contributed by atoms with Gasteiger partial charge < -0.3 is 0 Å². The molecule has 6 heteroatoms. The van der Waals surface area contributed by atoms with Crippen molar-refractivity contribution in [2.75, 3.05) is 0 Å². The number of halogens is 1. The third kappa shape index (κ3) is 3.00. The fourth-order valence-corrected chi connectivity index (χ4v) is 3.96. The van der Waals surface area contributed by atoms with E-state index < -0.39 is 0 Å². The van der Waals surface area contributed by atoms with Crippen LogP contribution in [0, 0.1) is 0 Å². The summed E-state index contributed by atoms with van der Waals surface area (Å²) in [7, 11) is 0. The van der Waals surface area contributed by atoms with Crippen molar-refractivity contribution < 1.29 is 0 Å². The summed E-state index contributed by atoms with van der Waals surface area (Å²) in [5, 5.41) is 2.40. The maximum atomic E-state index is 13.1. The highest BCUT2D eigenvalue weighted by Gasteiger charge is 2.15. The van der Waals surface area contributed by atoms with E-state index in [1.807, 2.05) is 41.8 Å². The first-order valence-corrected chi connectivity index (χ1v) is 9.44. The lowest BCUT2D eigenvalue weighted by Crippen LogP contribution is -2.38. The van der Waals surface area contributed by atoms with Crippen LogP contribution in [0.4, 0.5) is 0 Å². The number of hydrogen-bond donors (Lipinski definition) is 0. The minimum absolute atomic E-state index is 0.293. The molecule has 0 radical (unpaired) electrons. The van der Waals surface area contributed by atoms with Crippen molar-refractivity contribution in [3.63, 3.8) is 0 Å². The second-order valence-electron chi connectivity index (χ2n) is 5.92. The summed E-state index contributed by atoms with van der Waals surface area (Å²) in [4.78, 5) is 26.0. The van der Waals surface area contributed by atoms with Crippen molar-refractivity contribution in [3.8, 4) is 5.69 Å². The Bertz CT molecular complexity index is 1170. The number of benzene rings is 2. The van der Waals surface area contributed by atoms with Crippen molar-refractivity contribution in [3.05, 3.63) is 97.5 Å². The molecule has 0 fully saturated rings. The van der Waals surface area contributed by atoms with E-state index in [2.05, 4.69) is 0 Å². The molecule has 0 aliphatic rings. The molecule has 0 aliphatic carbocycles. The summed E-state index contributed by atoms with van der Waals surface area (Å²) in [6.45, 7) is 0.504. The van der Waals surface area contributed by atoms with Gasteiger partial charge in [0, 0.05) is 11.6 Å². The van der Waals surface area contributed by atoms with E-state index in [9.17, 15) is 9.59 Å². The van der Waals surface area contributed by atoms with Gasteiger partial charge in [-0.2, -0.15) is 0 Å². The molecule has 0 amide bonds. The average Bonchev–Trinajstić information content (AvgIpc) is 3.14. The second-order valence-corrected chi connectivity index (χ2v) is 7.27. The molecule has 0 saturated heterocycles. The SMILES string of the molecule is O=c1c2sccc2n(CCc2ccccc2)c(=O)n1-c1ccc(Cl)cc1. The van der Waals surface area contributed by atoms with Gasteiger partial charge in [-0.25, -0.2) is 9.36 Å². The van der Waals surface area contributed by atoms with Gasteiger partial charge in [0.2, 0.25) is 0 Å². The van der Waals surface area contributed by atoms with E-state index in [-0.39, 0.29) is 11.2 Å². The lowest BCUT2D eigenvalue weighted by Gasteiger charge is -2.12. The second kappa shape index (κ2) is 6.94. The van der Waals surface area contributed by atoms with Gasteiger partial charge in [-0.15, -0.1) is 11.3 Å². The Hall–Kier alpha value is -2.63. The molecule has 0 spiro atoms. The van der Waals surface area contributed by atoms with Crippen molar-refractivity contribution in [1.82, 2.24) is 9.13 Å². The van der Waals surface area contributed by atoms with Gasteiger partial charge in [-0.05, 0) is 47.7 Å². The van der Waals surface area contributed by atoms with Crippen LogP contribution in [0.5, 0.6) is 0 Å². The van der Waals surface area contributed by atoms with E-state index >= 15 is 0 Å². The van der Waals surface area contributed by atoms with E-state index in [1.165, 1.54) is 15.9 Å². The molecule has 0 bridgehead atoms. The van der Waals surface area contributed by atoms with E-state index in [1.54, 1.807) is 28.8 Å². The summed E-state index contributed by atoms with van der Waals surface area (Å²) in [6, 6.07) is 18.5. The number of hydrogen-bond acceptors (Lipinski definition) is 3. The van der Waals surface area contributed by atoms with Crippen LogP contribution in [0.1, 0.15) is 5.56 Å². The summed E-state index contributed by atoms with van der Waals surface area (Å²) < 4.78 is 3.47. The van der Waals surface area contributed by atoms with Gasteiger partial charge in [-0.1, -0.05) is 41.9 Å². The van der Waals surface area contributed by atoms with Gasteiger partial charge in [0.25, 0.3) is 5.56 Å². The van der Waals surface area contributed by atoms with Crippen LogP contribution in [0.15, 0.2) is 75.6 Å². The summed E-state index contributed by atoms with van der Waals surface area (Å²) in [5.74, 6) is 0. The monoisotopic (exact) mass is 382 g/mol. The molecule has 0 saturated carbocycles. The molecule has 2 heterocycles. The molecule has 4 nitrogen and oxygen atoms in total. The number of rotatable bonds is 4. The number of thiophene rings is 1. The third-order valence-electron chi connectivity index (χ3n) is 4.31. The maximum absolute atomic E-state index is 13.1. The van der Waals surface area contributed by atoms with Gasteiger partial charge >= 0.3 is 5.69 Å². The molecule has 26 heavy (non-hydrogen) atoms. The molecule has 2 aromatic carbocycles. The molecule has 130 valence electrons. The Balaban J connectivity index is 1.87. The zero-order valence-electron chi connectivity index (χ0n) is 13.8. The van der Waals surface area contributed by atoms with Gasteiger partial charge in [0.1, 0.15) is 4.70 Å². The van der Waals surface area contributed by atoms with E-state index in [0.717, 1.165) is 5.56 Å². The smallest absolute Gasteiger partial charge is 0.292 e. The zero-order valence-corrected chi connectivity index (χ0v) is 15.3. The quantitative estimate of drug-likeness (QED) is 0.533. The molecule has 0 atom stereocenters. The number of aryl methyl sites for hydroxylation is 2. The van der Waals surface area contributed by atoms with Crippen LogP contribution in [0.3, 0.4) is 0 Å². The molecule has 2 aromatic heterocycles. The third-order valence-corrected chi connectivity index (χ3v) is 5.45. The fourth-order valence-electron chi connectivity index (χ4n) is 3.01. The van der Waals surface area contributed by atoms with Crippen LogP contribution in [-0.4, -0.2) is 9.13 Å². The Morgan fingerprint density at radius 1 is 0.923 bits per heavy atom. The van der Waals surface area contributed by atoms with Crippen LogP contribution in [0.2, 0.25) is 5.02 Å². The summed E-state index contributed by atoms with van der Waals surface area (Å²) in [6.07, 6.45) is 0.713. The Kier molecular flexibility index (Phi) is 4.49. The first-order chi connectivity index (χ1) is 12.6. The molecule has 4 aromatic rings. The lowest BCUT2D eigenvalue weighted by molar-refractivity contribution is 0.650. The lowest BCUT2D eigenvalue weighted by atomic mass is 10.1. The largest absolute Gasteiger partial charge is 0.336 e. The van der Waals surface area contributed by atoms with Crippen molar-refractivity contribution >= 4 is 33.2 Å². The first kappa shape index (κ1) is 16.8. The Labute approximate surface area is 158 Å². The molecule has 0 unspecified atom stereocenters. The summed E-state index contributed by atoms with van der Waals surface area (Å²) >= 11 is 7.29. The first-order valence-electron chi connectivity index (χ1n) is 8.18. The minimum atomic E-state index is -0.334. The molecular formula is C20H15ClN2O2S. The fraction of sp³-hybridized carbons (Fsp3) is 0.100. The molecule has 0 aliphatic heterocycles.